The fraction of sp³-hybridized carbons (Fsp3) is 0.556. The van der Waals surface area contributed by atoms with Crippen molar-refractivity contribution in [3.63, 3.8) is 0 Å². The zero-order valence-electron chi connectivity index (χ0n) is 8.34. The van der Waals surface area contributed by atoms with Gasteiger partial charge in [0.2, 0.25) is 5.91 Å². The fourth-order valence-electron chi connectivity index (χ4n) is 1.64. The number of thiazole rings is 1. The van der Waals surface area contributed by atoms with Crippen molar-refractivity contribution in [3.05, 3.63) is 9.98 Å². The first-order valence-electron chi connectivity index (χ1n) is 4.78. The van der Waals surface area contributed by atoms with Crippen molar-refractivity contribution >= 4 is 38.3 Å². The number of nitrogens with zero attached hydrogens (tertiary/aromatic N) is 1. The molecule has 1 amide bonds. The maximum absolute atomic E-state index is 11.9. The Morgan fingerprint density at radius 1 is 1.80 bits per heavy atom. The number of carbonyl (C=O) groups is 1. The van der Waals surface area contributed by atoms with Crippen molar-refractivity contribution in [2.24, 2.45) is 0 Å². The van der Waals surface area contributed by atoms with Gasteiger partial charge in [-0.1, -0.05) is 11.3 Å². The molecular weight excluding hydrogens is 278 g/mol. The van der Waals surface area contributed by atoms with Crippen LogP contribution in [0.5, 0.6) is 0 Å². The van der Waals surface area contributed by atoms with Crippen molar-refractivity contribution in [2.75, 3.05) is 11.9 Å². The second-order valence-corrected chi connectivity index (χ2v) is 6.20. The van der Waals surface area contributed by atoms with Crippen LogP contribution < -0.4 is 10.6 Å². The van der Waals surface area contributed by atoms with Crippen LogP contribution in [0.25, 0.3) is 0 Å². The van der Waals surface area contributed by atoms with Crippen LogP contribution in [0.4, 0.5) is 5.13 Å². The number of aromatic nitrogens is 1. The molecule has 4 nitrogen and oxygen atoms in total. The van der Waals surface area contributed by atoms with Crippen molar-refractivity contribution in [2.45, 2.75) is 25.3 Å². The lowest BCUT2D eigenvalue weighted by Gasteiger charge is -2.21. The van der Waals surface area contributed by atoms with Crippen LogP contribution in [0.2, 0.25) is 0 Å². The summed E-state index contributed by atoms with van der Waals surface area (Å²) in [5.41, 5.74) is -0.432. The molecule has 1 saturated heterocycles. The summed E-state index contributed by atoms with van der Waals surface area (Å²) in [6, 6.07) is 0. The van der Waals surface area contributed by atoms with Gasteiger partial charge in [0, 0.05) is 0 Å². The second-order valence-electron chi connectivity index (χ2n) is 3.79. The van der Waals surface area contributed by atoms with Gasteiger partial charge in [-0.15, -0.1) is 0 Å². The maximum Gasteiger partial charge on any atom is 0.246 e. The molecule has 1 aliphatic heterocycles. The monoisotopic (exact) mass is 289 g/mol. The predicted molar refractivity (Wildman–Crippen MR) is 64.1 cm³/mol. The van der Waals surface area contributed by atoms with Gasteiger partial charge >= 0.3 is 0 Å². The van der Waals surface area contributed by atoms with Gasteiger partial charge in [0.05, 0.1) is 15.5 Å². The zero-order chi connectivity index (χ0) is 10.9. The molecule has 0 aromatic carbocycles. The molecule has 82 valence electrons. The number of amides is 1. The van der Waals surface area contributed by atoms with Crippen molar-refractivity contribution < 1.29 is 4.79 Å². The Balaban J connectivity index is 2.03. The molecule has 0 radical (unpaired) electrons. The van der Waals surface area contributed by atoms with Crippen molar-refractivity contribution in [1.29, 1.82) is 0 Å². The van der Waals surface area contributed by atoms with Crippen LogP contribution in [-0.4, -0.2) is 23.0 Å². The Morgan fingerprint density at radius 3 is 3.13 bits per heavy atom. The molecule has 2 heterocycles. The van der Waals surface area contributed by atoms with E-state index in [2.05, 4.69) is 31.5 Å². The van der Waals surface area contributed by atoms with E-state index in [9.17, 15) is 4.79 Å². The van der Waals surface area contributed by atoms with E-state index in [4.69, 9.17) is 0 Å². The van der Waals surface area contributed by atoms with Gasteiger partial charge in [0.1, 0.15) is 0 Å². The molecule has 2 N–H and O–H groups in total. The third-order valence-corrected chi connectivity index (χ3v) is 3.96. The number of halogens is 1. The Bertz CT molecular complexity index is 373. The molecule has 0 bridgehead atoms. The smallest absolute Gasteiger partial charge is 0.246 e. The summed E-state index contributed by atoms with van der Waals surface area (Å²) < 4.78 is 0.919. The van der Waals surface area contributed by atoms with Gasteiger partial charge in [-0.3, -0.25) is 4.79 Å². The largest absolute Gasteiger partial charge is 0.304 e. The van der Waals surface area contributed by atoms with Crippen LogP contribution in [0.15, 0.2) is 9.98 Å². The minimum atomic E-state index is -0.432. The van der Waals surface area contributed by atoms with Crippen LogP contribution in [-0.2, 0) is 4.79 Å². The number of nitrogens with one attached hydrogen (secondary N) is 2. The van der Waals surface area contributed by atoms with E-state index in [1.165, 1.54) is 11.3 Å². The number of rotatable bonds is 2. The highest BCUT2D eigenvalue weighted by Crippen LogP contribution is 2.25. The molecule has 0 aliphatic carbocycles. The van der Waals surface area contributed by atoms with Crippen molar-refractivity contribution in [1.82, 2.24) is 10.3 Å². The van der Waals surface area contributed by atoms with Crippen LogP contribution >= 0.6 is 27.3 Å². The molecule has 6 heteroatoms. The number of hydrogen-bond donors (Lipinski definition) is 2. The van der Waals surface area contributed by atoms with Crippen LogP contribution in [0.3, 0.4) is 0 Å². The first kappa shape index (κ1) is 11.0. The Morgan fingerprint density at radius 2 is 2.60 bits per heavy atom. The topological polar surface area (TPSA) is 54.0 Å². The SMILES string of the molecule is CC1(C(=O)Nc2ncc(Br)s2)CCCN1. The fourth-order valence-corrected chi connectivity index (χ4v) is 2.74. The first-order valence-corrected chi connectivity index (χ1v) is 6.39. The van der Waals surface area contributed by atoms with Crippen molar-refractivity contribution in [3.8, 4) is 0 Å². The number of carbonyl (C=O) groups excluding carboxylic acids is 1. The first-order chi connectivity index (χ1) is 7.10. The molecule has 1 aromatic rings. The van der Waals surface area contributed by atoms with E-state index in [0.29, 0.717) is 5.13 Å². The average Bonchev–Trinajstić information content (AvgIpc) is 2.76. The second kappa shape index (κ2) is 4.19. The van der Waals surface area contributed by atoms with E-state index in [1.807, 2.05) is 6.92 Å². The molecule has 1 aromatic heterocycles. The van der Waals surface area contributed by atoms with Gasteiger partial charge < -0.3 is 10.6 Å². The summed E-state index contributed by atoms with van der Waals surface area (Å²) in [5, 5.41) is 6.67. The molecule has 1 fully saturated rings. The summed E-state index contributed by atoms with van der Waals surface area (Å²) in [7, 11) is 0. The normalized spacial score (nSPS) is 25.5. The lowest BCUT2D eigenvalue weighted by atomic mass is 10.00. The summed E-state index contributed by atoms with van der Waals surface area (Å²) in [6.45, 7) is 2.84. The molecule has 1 atom stereocenters. The highest BCUT2D eigenvalue weighted by atomic mass is 79.9. The van der Waals surface area contributed by atoms with Gasteiger partial charge in [-0.25, -0.2) is 4.98 Å². The highest BCUT2D eigenvalue weighted by Gasteiger charge is 2.36. The lowest BCUT2D eigenvalue weighted by molar-refractivity contribution is -0.121. The average molecular weight is 290 g/mol. The van der Waals surface area contributed by atoms with E-state index in [-0.39, 0.29) is 5.91 Å². The Kier molecular flexibility index (Phi) is 3.08. The third kappa shape index (κ3) is 2.38. The minimum absolute atomic E-state index is 0.00171. The lowest BCUT2D eigenvalue weighted by Crippen LogP contribution is -2.47. The molecular formula is C9H12BrN3OS. The molecule has 1 aliphatic rings. The molecule has 0 saturated carbocycles. The predicted octanol–water partition coefficient (Wildman–Crippen LogP) is 1.99. The summed E-state index contributed by atoms with van der Waals surface area (Å²) in [5.74, 6) is 0.00171. The maximum atomic E-state index is 11.9. The minimum Gasteiger partial charge on any atom is -0.304 e. The van der Waals surface area contributed by atoms with Gasteiger partial charge in [-0.05, 0) is 42.2 Å². The highest BCUT2D eigenvalue weighted by molar-refractivity contribution is 9.11. The standard InChI is InChI=1S/C9H12BrN3OS/c1-9(3-2-4-12-9)7(14)13-8-11-5-6(10)15-8/h5,12H,2-4H2,1H3,(H,11,13,14). The van der Waals surface area contributed by atoms with Crippen LogP contribution in [0.1, 0.15) is 19.8 Å². The quantitative estimate of drug-likeness (QED) is 0.875. The summed E-state index contributed by atoms with van der Waals surface area (Å²) >= 11 is 4.73. The Labute approximate surface area is 101 Å². The van der Waals surface area contributed by atoms with Gasteiger partial charge in [-0.2, -0.15) is 0 Å². The molecule has 2 rings (SSSR count). The zero-order valence-corrected chi connectivity index (χ0v) is 10.7. The van der Waals surface area contributed by atoms with E-state index in [1.54, 1.807) is 6.20 Å². The Hall–Kier alpha value is -0.460. The third-order valence-electron chi connectivity index (χ3n) is 2.57. The molecule has 1 unspecified atom stereocenters. The summed E-state index contributed by atoms with van der Waals surface area (Å²) in [6.07, 6.45) is 3.61. The van der Waals surface area contributed by atoms with E-state index in [0.717, 1.165) is 23.2 Å². The molecule has 0 spiro atoms. The van der Waals surface area contributed by atoms with Crippen LogP contribution in [0, 0.1) is 0 Å². The number of anilines is 1. The van der Waals surface area contributed by atoms with E-state index < -0.39 is 5.54 Å². The molecule has 15 heavy (non-hydrogen) atoms. The van der Waals surface area contributed by atoms with E-state index >= 15 is 0 Å². The number of hydrogen-bond acceptors (Lipinski definition) is 4. The van der Waals surface area contributed by atoms with Gasteiger partial charge in [0.25, 0.3) is 0 Å². The van der Waals surface area contributed by atoms with Gasteiger partial charge in [0.15, 0.2) is 5.13 Å². The summed E-state index contributed by atoms with van der Waals surface area (Å²) in [4.78, 5) is 16.0.